The molecule has 0 aliphatic heterocycles. The molecule has 0 bridgehead atoms. The van der Waals surface area contributed by atoms with Crippen LogP contribution in [0.3, 0.4) is 0 Å². The molecule has 0 saturated carbocycles. The molecule has 0 radical (unpaired) electrons. The van der Waals surface area contributed by atoms with Crippen LogP contribution in [-0.2, 0) is 11.3 Å². The molecule has 0 atom stereocenters. The summed E-state index contributed by atoms with van der Waals surface area (Å²) in [5.41, 5.74) is 5.41. The van der Waals surface area contributed by atoms with Crippen molar-refractivity contribution in [1.82, 2.24) is 9.55 Å². The van der Waals surface area contributed by atoms with Gasteiger partial charge in [0.2, 0.25) is 5.91 Å². The third-order valence-electron chi connectivity index (χ3n) is 4.42. The molecule has 1 aromatic heterocycles. The van der Waals surface area contributed by atoms with Crippen LogP contribution in [0.4, 0.5) is 17.2 Å². The zero-order valence-electron chi connectivity index (χ0n) is 17.3. The van der Waals surface area contributed by atoms with Gasteiger partial charge in [-0.1, -0.05) is 56.5 Å². The lowest BCUT2D eigenvalue weighted by Gasteiger charge is -2.26. The molecular formula is C20H27Cl2N5O3. The van der Waals surface area contributed by atoms with Gasteiger partial charge in [-0.2, -0.15) is 0 Å². The van der Waals surface area contributed by atoms with Crippen LogP contribution in [0.15, 0.2) is 27.8 Å². The van der Waals surface area contributed by atoms with E-state index in [0.29, 0.717) is 28.8 Å². The first kappa shape index (κ1) is 23.8. The summed E-state index contributed by atoms with van der Waals surface area (Å²) in [6.07, 6.45) is 1.57. The maximum atomic E-state index is 12.7. The number of benzene rings is 1. The normalized spacial score (nSPS) is 11.0. The minimum absolute atomic E-state index is 0.0390. The van der Waals surface area contributed by atoms with Crippen molar-refractivity contribution in [3.63, 3.8) is 0 Å². The quantitative estimate of drug-likeness (QED) is 0.536. The third-order valence-corrected chi connectivity index (χ3v) is 5.05. The van der Waals surface area contributed by atoms with E-state index in [1.807, 2.05) is 20.8 Å². The van der Waals surface area contributed by atoms with Crippen molar-refractivity contribution < 1.29 is 4.79 Å². The number of halogens is 2. The van der Waals surface area contributed by atoms with Gasteiger partial charge in [0.05, 0.1) is 22.3 Å². The van der Waals surface area contributed by atoms with Gasteiger partial charge < -0.3 is 16.0 Å². The zero-order valence-corrected chi connectivity index (χ0v) is 18.8. The molecule has 1 aromatic carbocycles. The van der Waals surface area contributed by atoms with Crippen molar-refractivity contribution in [2.24, 2.45) is 5.92 Å². The zero-order chi connectivity index (χ0) is 22.4. The number of anilines is 3. The summed E-state index contributed by atoms with van der Waals surface area (Å²) in [4.78, 5) is 41.4. The number of carbonyl (C=O) groups excluding carboxylic acids is 1. The fourth-order valence-electron chi connectivity index (χ4n) is 3.02. The van der Waals surface area contributed by atoms with Crippen LogP contribution in [0.25, 0.3) is 0 Å². The van der Waals surface area contributed by atoms with Gasteiger partial charge >= 0.3 is 5.69 Å². The van der Waals surface area contributed by atoms with Crippen LogP contribution < -0.4 is 27.2 Å². The van der Waals surface area contributed by atoms with Crippen molar-refractivity contribution in [1.29, 1.82) is 0 Å². The highest BCUT2D eigenvalue weighted by Crippen LogP contribution is 2.30. The summed E-state index contributed by atoms with van der Waals surface area (Å²) in [6.45, 7) is 6.47. The molecule has 0 unspecified atom stereocenters. The predicted molar refractivity (Wildman–Crippen MR) is 123 cm³/mol. The Morgan fingerprint density at radius 1 is 1.27 bits per heavy atom. The standard InChI is InChI=1S/C20H27Cl2N5O3/c1-4-5-9-26(11-15(28)24-16-13(21)7-6-8-14(16)22)17-18(23)27(10-12(2)3)20(30)25-19(17)29/h6-8,12H,4-5,9-11,23H2,1-3H3,(H,24,28)(H,25,29,30). The first-order valence-electron chi connectivity index (χ1n) is 9.77. The van der Waals surface area contributed by atoms with Crippen LogP contribution in [-0.4, -0.2) is 28.5 Å². The molecule has 2 aromatic rings. The fourth-order valence-corrected chi connectivity index (χ4v) is 3.51. The van der Waals surface area contributed by atoms with Crippen LogP contribution in [0.2, 0.25) is 10.0 Å². The molecule has 1 amide bonds. The topological polar surface area (TPSA) is 113 Å². The Hall–Kier alpha value is -2.45. The van der Waals surface area contributed by atoms with Crippen LogP contribution in [0, 0.1) is 5.92 Å². The maximum absolute atomic E-state index is 12.7. The van der Waals surface area contributed by atoms with Gasteiger partial charge in [-0.25, -0.2) is 4.79 Å². The van der Waals surface area contributed by atoms with E-state index >= 15 is 0 Å². The highest BCUT2D eigenvalue weighted by atomic mass is 35.5. The van der Waals surface area contributed by atoms with E-state index in [1.165, 1.54) is 4.57 Å². The first-order valence-corrected chi connectivity index (χ1v) is 10.5. The molecular weight excluding hydrogens is 429 g/mol. The summed E-state index contributed by atoms with van der Waals surface area (Å²) < 4.78 is 1.32. The molecule has 10 heteroatoms. The number of aromatic nitrogens is 2. The maximum Gasteiger partial charge on any atom is 0.330 e. The lowest BCUT2D eigenvalue weighted by Crippen LogP contribution is -2.42. The van der Waals surface area contributed by atoms with Crippen LogP contribution in [0.1, 0.15) is 33.6 Å². The Kier molecular flexibility index (Phi) is 8.37. The first-order chi connectivity index (χ1) is 14.1. The minimum Gasteiger partial charge on any atom is -0.383 e. The molecule has 0 saturated heterocycles. The van der Waals surface area contributed by atoms with E-state index in [0.717, 1.165) is 12.8 Å². The lowest BCUT2D eigenvalue weighted by atomic mass is 10.2. The number of nitrogens with zero attached hydrogens (tertiary/aromatic N) is 2. The second-order valence-corrected chi connectivity index (χ2v) is 8.23. The molecule has 30 heavy (non-hydrogen) atoms. The van der Waals surface area contributed by atoms with Gasteiger partial charge in [0.25, 0.3) is 5.56 Å². The number of nitrogens with one attached hydrogen (secondary N) is 2. The third kappa shape index (κ3) is 5.79. The number of nitrogen functional groups attached to an aromatic ring is 1. The molecule has 0 spiro atoms. The van der Waals surface area contributed by atoms with Crippen molar-refractivity contribution >= 4 is 46.3 Å². The number of para-hydroxylation sites is 1. The number of aromatic amines is 1. The van der Waals surface area contributed by atoms with Gasteiger partial charge in [-0.3, -0.25) is 19.1 Å². The average Bonchev–Trinajstić information content (AvgIpc) is 2.65. The Labute approximate surface area is 185 Å². The molecule has 0 fully saturated rings. The van der Waals surface area contributed by atoms with Crippen LogP contribution >= 0.6 is 23.2 Å². The van der Waals surface area contributed by atoms with Gasteiger partial charge in [-0.05, 0) is 24.5 Å². The van der Waals surface area contributed by atoms with Crippen LogP contribution in [0.5, 0.6) is 0 Å². The average molecular weight is 456 g/mol. The summed E-state index contributed by atoms with van der Waals surface area (Å²) in [7, 11) is 0. The van der Waals surface area contributed by atoms with E-state index in [9.17, 15) is 14.4 Å². The number of carbonyl (C=O) groups is 1. The molecule has 0 aliphatic rings. The summed E-state index contributed by atoms with van der Waals surface area (Å²) >= 11 is 12.2. The summed E-state index contributed by atoms with van der Waals surface area (Å²) in [5, 5.41) is 3.30. The number of nitrogens with two attached hydrogens (primary N) is 1. The summed E-state index contributed by atoms with van der Waals surface area (Å²) in [5.74, 6) is -0.239. The van der Waals surface area contributed by atoms with E-state index in [-0.39, 0.29) is 24.0 Å². The number of unbranched alkanes of at least 4 members (excludes halogenated alkanes) is 1. The summed E-state index contributed by atoms with van der Waals surface area (Å²) in [6, 6.07) is 4.90. The monoisotopic (exact) mass is 455 g/mol. The number of hydrogen-bond acceptors (Lipinski definition) is 5. The SMILES string of the molecule is CCCCN(CC(=O)Nc1c(Cl)cccc1Cl)c1c(N)n(CC(C)C)c(=O)[nH]c1=O. The fraction of sp³-hybridized carbons (Fsp3) is 0.450. The second-order valence-electron chi connectivity index (χ2n) is 7.42. The second kappa shape index (κ2) is 10.5. The van der Waals surface area contributed by atoms with Crippen molar-refractivity contribution in [3.8, 4) is 0 Å². The van der Waals surface area contributed by atoms with Gasteiger partial charge in [0, 0.05) is 13.1 Å². The molecule has 4 N–H and O–H groups in total. The van der Waals surface area contributed by atoms with Crippen molar-refractivity contribution in [3.05, 3.63) is 49.1 Å². The van der Waals surface area contributed by atoms with E-state index in [2.05, 4.69) is 10.3 Å². The van der Waals surface area contributed by atoms with Gasteiger partial charge in [0.15, 0.2) is 0 Å². The molecule has 164 valence electrons. The highest BCUT2D eigenvalue weighted by Gasteiger charge is 2.22. The van der Waals surface area contributed by atoms with Gasteiger partial charge in [-0.15, -0.1) is 0 Å². The lowest BCUT2D eigenvalue weighted by molar-refractivity contribution is -0.115. The molecule has 1 heterocycles. The molecule has 2 rings (SSSR count). The minimum atomic E-state index is -0.628. The van der Waals surface area contributed by atoms with E-state index in [1.54, 1.807) is 23.1 Å². The van der Waals surface area contributed by atoms with Crippen molar-refractivity contribution in [2.45, 2.75) is 40.2 Å². The predicted octanol–water partition coefficient (Wildman–Crippen LogP) is 3.33. The highest BCUT2D eigenvalue weighted by molar-refractivity contribution is 6.39. The molecule has 0 aliphatic carbocycles. The number of rotatable bonds is 9. The Morgan fingerprint density at radius 2 is 1.90 bits per heavy atom. The smallest absolute Gasteiger partial charge is 0.330 e. The number of hydrogen-bond donors (Lipinski definition) is 3. The largest absolute Gasteiger partial charge is 0.383 e. The van der Waals surface area contributed by atoms with Gasteiger partial charge in [0.1, 0.15) is 11.5 Å². The van der Waals surface area contributed by atoms with E-state index in [4.69, 9.17) is 28.9 Å². The van der Waals surface area contributed by atoms with Crippen molar-refractivity contribution in [2.75, 3.05) is 29.0 Å². The number of amides is 1. The Morgan fingerprint density at radius 3 is 2.47 bits per heavy atom. The van der Waals surface area contributed by atoms with E-state index < -0.39 is 17.2 Å². The molecule has 8 nitrogen and oxygen atoms in total. The Balaban J connectivity index is 2.39. The number of H-pyrrole nitrogens is 1. The Bertz CT molecular complexity index is 996.